The molecule has 0 radical (unpaired) electrons. The number of hydrogen-bond acceptors (Lipinski definition) is 1. The third-order valence-electron chi connectivity index (χ3n) is 8.47. The number of halogens is 1. The lowest BCUT2D eigenvalue weighted by Gasteiger charge is -2.54. The van der Waals surface area contributed by atoms with Gasteiger partial charge in [0.05, 0.1) is 0 Å². The molecule has 0 amide bonds. The average molecular weight is 610 g/mol. The second-order valence-corrected chi connectivity index (χ2v) is 19.0. The van der Waals surface area contributed by atoms with Crippen LogP contribution in [-0.4, -0.2) is 33.1 Å². The molecular formula is C39H36ClNSi2. The van der Waals surface area contributed by atoms with Crippen LogP contribution in [0.4, 0.5) is 0 Å². The highest BCUT2D eigenvalue weighted by Gasteiger charge is 2.57. The minimum atomic E-state index is -2.94. The molecule has 0 atom stereocenters. The molecular weight excluding hydrogens is 574 g/mol. The van der Waals surface area contributed by atoms with Crippen LogP contribution in [0.3, 0.4) is 0 Å². The highest BCUT2D eigenvalue weighted by atomic mass is 35.5. The van der Waals surface area contributed by atoms with Crippen molar-refractivity contribution in [3.63, 3.8) is 0 Å². The molecule has 6 aromatic rings. The molecule has 0 aromatic heterocycles. The third-order valence-corrected chi connectivity index (χ3v) is 19.8. The van der Waals surface area contributed by atoms with Gasteiger partial charge in [0.2, 0.25) is 16.5 Å². The Hall–Kier alpha value is -4.00. The smallest absolute Gasteiger partial charge is 0.219 e. The standard InChI is InChI=1S/C39H36ClNSi2/c40-32-19-33-41(42(34-20-7-1-8-21-34,35-22-9-2-10-23-35)36-24-11-3-12-25-36)43(37-26-13-4-14-27-37,38-28-15-5-16-29-38)39-30-17-6-18-31-39/h1-18,20-31H,19,32-33H2. The first-order valence-corrected chi connectivity index (χ1v) is 19.4. The lowest BCUT2D eigenvalue weighted by molar-refractivity contribution is 0.629. The van der Waals surface area contributed by atoms with E-state index in [0.29, 0.717) is 5.88 Å². The summed E-state index contributed by atoms with van der Waals surface area (Å²) in [5.41, 5.74) is 0. The Morgan fingerprint density at radius 2 is 0.558 bits per heavy atom. The van der Waals surface area contributed by atoms with E-state index in [4.69, 9.17) is 11.6 Å². The van der Waals surface area contributed by atoms with E-state index in [1.807, 2.05) is 0 Å². The minimum absolute atomic E-state index is 0.599. The van der Waals surface area contributed by atoms with Gasteiger partial charge in [0.25, 0.3) is 0 Å². The summed E-state index contributed by atoms with van der Waals surface area (Å²) in [6.07, 6.45) is 0.879. The van der Waals surface area contributed by atoms with Crippen LogP contribution < -0.4 is 31.1 Å². The van der Waals surface area contributed by atoms with Crippen molar-refractivity contribution in [2.24, 2.45) is 0 Å². The summed E-state index contributed by atoms with van der Waals surface area (Å²) >= 11 is 6.63. The zero-order chi connectivity index (χ0) is 29.4. The molecule has 0 saturated carbocycles. The van der Waals surface area contributed by atoms with Gasteiger partial charge in [-0.3, -0.25) is 0 Å². The Morgan fingerprint density at radius 3 is 0.744 bits per heavy atom. The molecule has 0 N–H and O–H groups in total. The van der Waals surface area contributed by atoms with Gasteiger partial charge in [-0.15, -0.1) is 11.6 Å². The highest BCUT2D eigenvalue weighted by molar-refractivity contribution is 7.22. The van der Waals surface area contributed by atoms with E-state index in [2.05, 4.69) is 186 Å². The van der Waals surface area contributed by atoms with Gasteiger partial charge in [-0.2, -0.15) is 0 Å². The first kappa shape index (κ1) is 29.1. The molecule has 4 heteroatoms. The maximum absolute atomic E-state index is 6.63. The van der Waals surface area contributed by atoms with E-state index in [0.717, 1.165) is 13.0 Å². The van der Waals surface area contributed by atoms with Gasteiger partial charge >= 0.3 is 0 Å². The lowest BCUT2D eigenvalue weighted by atomic mass is 10.3. The number of hydrogen-bond donors (Lipinski definition) is 0. The summed E-state index contributed by atoms with van der Waals surface area (Å²) in [7, 11) is -5.88. The van der Waals surface area contributed by atoms with Crippen LogP contribution in [0.15, 0.2) is 182 Å². The summed E-state index contributed by atoms with van der Waals surface area (Å²) in [5, 5.41) is 8.26. The SMILES string of the molecule is ClCCCN([Si](c1ccccc1)(c1ccccc1)c1ccccc1)[Si](c1ccccc1)(c1ccccc1)c1ccccc1. The normalized spacial score (nSPS) is 11.9. The van der Waals surface area contributed by atoms with Crippen molar-refractivity contribution in [3.8, 4) is 0 Å². The molecule has 1 nitrogen and oxygen atoms in total. The van der Waals surface area contributed by atoms with E-state index in [1.165, 1.54) is 31.1 Å². The minimum Gasteiger partial charge on any atom is -0.324 e. The molecule has 212 valence electrons. The van der Waals surface area contributed by atoms with Crippen molar-refractivity contribution in [2.75, 3.05) is 12.4 Å². The molecule has 0 spiro atoms. The Bertz CT molecular complexity index is 1360. The molecule has 6 aromatic carbocycles. The van der Waals surface area contributed by atoms with Crippen LogP contribution in [0.25, 0.3) is 0 Å². The van der Waals surface area contributed by atoms with E-state index in [9.17, 15) is 0 Å². The molecule has 0 fully saturated rings. The van der Waals surface area contributed by atoms with E-state index >= 15 is 0 Å². The molecule has 0 unspecified atom stereocenters. The summed E-state index contributed by atoms with van der Waals surface area (Å²) in [5.74, 6) is 0.599. The number of rotatable bonds is 11. The van der Waals surface area contributed by atoms with Gasteiger partial charge in [0.1, 0.15) is 0 Å². The molecule has 0 heterocycles. The van der Waals surface area contributed by atoms with Crippen LogP contribution in [0.1, 0.15) is 6.42 Å². The molecule has 0 aliphatic carbocycles. The van der Waals surface area contributed by atoms with Crippen molar-refractivity contribution in [2.45, 2.75) is 6.42 Å². The van der Waals surface area contributed by atoms with Crippen molar-refractivity contribution >= 4 is 59.2 Å². The topological polar surface area (TPSA) is 3.24 Å². The van der Waals surface area contributed by atoms with Gasteiger partial charge in [-0.25, -0.2) is 0 Å². The maximum Gasteiger partial charge on any atom is 0.219 e. The quantitative estimate of drug-likeness (QED) is 0.110. The number of alkyl halides is 1. The average Bonchev–Trinajstić information content (AvgIpc) is 3.10. The second kappa shape index (κ2) is 13.5. The number of nitrogens with zero attached hydrogens (tertiary/aromatic N) is 1. The fourth-order valence-electron chi connectivity index (χ4n) is 6.82. The largest absolute Gasteiger partial charge is 0.324 e. The van der Waals surface area contributed by atoms with Crippen LogP contribution in [0, 0.1) is 0 Å². The van der Waals surface area contributed by atoms with Crippen LogP contribution in [-0.2, 0) is 0 Å². The second-order valence-electron chi connectivity index (χ2n) is 10.8. The lowest BCUT2D eigenvalue weighted by Crippen LogP contribution is -2.90. The van der Waals surface area contributed by atoms with E-state index < -0.39 is 16.5 Å². The summed E-state index contributed by atoms with van der Waals surface area (Å²) in [6, 6.07) is 67.6. The fourth-order valence-corrected chi connectivity index (χ4v) is 20.2. The van der Waals surface area contributed by atoms with Crippen LogP contribution in [0.2, 0.25) is 0 Å². The highest BCUT2D eigenvalue weighted by Crippen LogP contribution is 2.24. The zero-order valence-corrected chi connectivity index (χ0v) is 27.0. The molecule has 0 aliphatic rings. The Kier molecular flexibility index (Phi) is 9.16. The zero-order valence-electron chi connectivity index (χ0n) is 24.3. The maximum atomic E-state index is 6.63. The monoisotopic (exact) mass is 609 g/mol. The molecule has 0 saturated heterocycles. The van der Waals surface area contributed by atoms with Gasteiger partial charge in [-0.05, 0) is 44.1 Å². The van der Waals surface area contributed by atoms with Crippen molar-refractivity contribution in [3.05, 3.63) is 182 Å². The molecule has 0 aliphatic heterocycles. The van der Waals surface area contributed by atoms with Crippen molar-refractivity contribution < 1.29 is 0 Å². The van der Waals surface area contributed by atoms with Gasteiger partial charge < -0.3 is 4.23 Å². The van der Waals surface area contributed by atoms with Crippen molar-refractivity contribution in [1.82, 2.24) is 4.23 Å². The van der Waals surface area contributed by atoms with Crippen molar-refractivity contribution in [1.29, 1.82) is 0 Å². The fraction of sp³-hybridized carbons (Fsp3) is 0.0769. The van der Waals surface area contributed by atoms with Gasteiger partial charge in [-0.1, -0.05) is 182 Å². The summed E-state index contributed by atoms with van der Waals surface area (Å²) in [6.45, 7) is 0.860. The summed E-state index contributed by atoms with van der Waals surface area (Å²) < 4.78 is 3.00. The third kappa shape index (κ3) is 5.34. The predicted octanol–water partition coefficient (Wildman–Crippen LogP) is 5.25. The summed E-state index contributed by atoms with van der Waals surface area (Å²) in [4.78, 5) is 0. The number of benzene rings is 6. The van der Waals surface area contributed by atoms with Crippen LogP contribution in [0.5, 0.6) is 0 Å². The Balaban J connectivity index is 1.85. The van der Waals surface area contributed by atoms with Crippen LogP contribution >= 0.6 is 11.6 Å². The first-order valence-electron chi connectivity index (χ1n) is 15.0. The predicted molar refractivity (Wildman–Crippen MR) is 190 cm³/mol. The van der Waals surface area contributed by atoms with E-state index in [1.54, 1.807) is 0 Å². The van der Waals surface area contributed by atoms with E-state index in [-0.39, 0.29) is 0 Å². The Labute approximate surface area is 263 Å². The Morgan fingerprint density at radius 1 is 0.349 bits per heavy atom. The molecule has 43 heavy (non-hydrogen) atoms. The first-order chi connectivity index (χ1) is 21.3. The van der Waals surface area contributed by atoms with Gasteiger partial charge in [0, 0.05) is 5.88 Å². The molecule has 6 rings (SSSR count). The van der Waals surface area contributed by atoms with Gasteiger partial charge in [0.15, 0.2) is 0 Å². The molecule has 0 bridgehead atoms.